The second kappa shape index (κ2) is 7.81. The fourth-order valence-corrected chi connectivity index (χ4v) is 4.06. The van der Waals surface area contributed by atoms with E-state index in [1.807, 2.05) is 19.1 Å². The summed E-state index contributed by atoms with van der Waals surface area (Å²) in [5.74, 6) is -0.496. The van der Waals surface area contributed by atoms with Crippen LogP contribution >= 0.6 is 11.3 Å². The topological polar surface area (TPSA) is 98.3 Å². The molecule has 2 heterocycles. The summed E-state index contributed by atoms with van der Waals surface area (Å²) in [5, 5.41) is 7.54. The van der Waals surface area contributed by atoms with Crippen LogP contribution in [0.3, 0.4) is 0 Å². The lowest BCUT2D eigenvalue weighted by Gasteiger charge is -2.25. The van der Waals surface area contributed by atoms with Crippen molar-refractivity contribution in [3.63, 3.8) is 0 Å². The number of thiophene rings is 1. The molecule has 1 atom stereocenters. The quantitative estimate of drug-likeness (QED) is 0.513. The Labute approximate surface area is 157 Å². The van der Waals surface area contributed by atoms with E-state index in [0.29, 0.717) is 16.3 Å². The number of rotatable bonds is 6. The number of hydrogen-bond donors (Lipinski definition) is 1. The molecule has 7 nitrogen and oxygen atoms in total. The number of hydrogen-bond acceptors (Lipinski definition) is 6. The Morgan fingerprint density at radius 2 is 2.15 bits per heavy atom. The van der Waals surface area contributed by atoms with Crippen LogP contribution in [-0.2, 0) is 16.0 Å². The number of aryl methyl sites for hydroxylation is 1. The fraction of sp³-hybridized carbons (Fsp3) is 0.176. The monoisotopic (exact) mass is 390 g/mol. The van der Waals surface area contributed by atoms with Crippen molar-refractivity contribution < 1.29 is 18.3 Å². The van der Waals surface area contributed by atoms with Crippen LogP contribution in [0.25, 0.3) is 10.6 Å². The normalized spacial score (nSPS) is 12.0. The molecule has 1 unspecified atom stereocenters. The summed E-state index contributed by atoms with van der Waals surface area (Å²) >= 11 is -1.27. The van der Waals surface area contributed by atoms with E-state index in [2.05, 4.69) is 10.2 Å². The van der Waals surface area contributed by atoms with Gasteiger partial charge in [-0.1, -0.05) is 6.07 Å². The smallest absolute Gasteiger partial charge is 0.338 e. The van der Waals surface area contributed by atoms with Crippen molar-refractivity contribution in [2.24, 2.45) is 0 Å². The standard InChI is InChI=1S/C17H17N3O4S2/c1-3-24-17(21)12-5-4-6-13(10-12)20(26(22)23)16-8-7-15(25-16)14-9-11(2)18-19-14/h4-10H,3H2,1-2H3,(H,18,19)(H,22,23)/p-1. The van der Waals surface area contributed by atoms with Crippen LogP contribution in [0.15, 0.2) is 42.5 Å². The Morgan fingerprint density at radius 1 is 1.35 bits per heavy atom. The third-order valence-electron chi connectivity index (χ3n) is 3.49. The van der Waals surface area contributed by atoms with E-state index in [-0.39, 0.29) is 6.61 Å². The number of esters is 1. The molecule has 0 fully saturated rings. The highest BCUT2D eigenvalue weighted by Crippen LogP contribution is 2.37. The molecule has 0 aliphatic rings. The van der Waals surface area contributed by atoms with E-state index in [4.69, 9.17) is 4.74 Å². The number of aromatic nitrogens is 2. The zero-order valence-corrected chi connectivity index (χ0v) is 15.7. The van der Waals surface area contributed by atoms with Crippen molar-refractivity contribution in [1.29, 1.82) is 0 Å². The summed E-state index contributed by atoms with van der Waals surface area (Å²) in [7, 11) is 0. The van der Waals surface area contributed by atoms with Crippen LogP contribution in [-0.4, -0.2) is 31.5 Å². The predicted octanol–water partition coefficient (Wildman–Crippen LogP) is 3.56. The minimum Gasteiger partial charge on any atom is -0.755 e. The van der Waals surface area contributed by atoms with Crippen molar-refractivity contribution in [3.05, 3.63) is 53.7 Å². The molecule has 136 valence electrons. The number of benzene rings is 1. The summed E-state index contributed by atoms with van der Waals surface area (Å²) in [4.78, 5) is 12.7. The van der Waals surface area contributed by atoms with E-state index in [9.17, 15) is 13.6 Å². The summed E-state index contributed by atoms with van der Waals surface area (Å²) < 4.78 is 29.8. The Bertz CT molecular complexity index is 951. The zero-order chi connectivity index (χ0) is 18.7. The third-order valence-corrected chi connectivity index (χ3v) is 5.41. The summed E-state index contributed by atoms with van der Waals surface area (Å²) in [6.45, 7) is 3.85. The minimum absolute atomic E-state index is 0.248. The average molecular weight is 390 g/mol. The van der Waals surface area contributed by atoms with E-state index in [1.54, 1.807) is 31.2 Å². The molecule has 2 aromatic heterocycles. The molecule has 3 aromatic rings. The van der Waals surface area contributed by atoms with E-state index in [1.165, 1.54) is 17.4 Å². The van der Waals surface area contributed by atoms with Crippen molar-refractivity contribution in [2.75, 3.05) is 10.9 Å². The van der Waals surface area contributed by atoms with Crippen LogP contribution in [0.5, 0.6) is 0 Å². The van der Waals surface area contributed by atoms with Gasteiger partial charge in [0.15, 0.2) is 0 Å². The molecule has 0 aliphatic heterocycles. The first kappa shape index (κ1) is 18.3. The highest BCUT2D eigenvalue weighted by atomic mass is 32.2. The van der Waals surface area contributed by atoms with Gasteiger partial charge in [0.25, 0.3) is 0 Å². The lowest BCUT2D eigenvalue weighted by molar-refractivity contribution is 0.0526. The summed E-state index contributed by atoms with van der Waals surface area (Å²) in [6, 6.07) is 11.7. The maximum atomic E-state index is 11.9. The van der Waals surface area contributed by atoms with Crippen molar-refractivity contribution in [3.8, 4) is 10.6 Å². The highest BCUT2D eigenvalue weighted by molar-refractivity contribution is 7.81. The maximum Gasteiger partial charge on any atom is 0.338 e. The number of H-pyrrole nitrogens is 1. The number of anilines is 2. The van der Waals surface area contributed by atoms with E-state index < -0.39 is 17.2 Å². The van der Waals surface area contributed by atoms with Gasteiger partial charge in [0.2, 0.25) is 0 Å². The minimum atomic E-state index is -2.55. The van der Waals surface area contributed by atoms with Crippen molar-refractivity contribution >= 4 is 39.3 Å². The first-order valence-corrected chi connectivity index (χ1v) is 9.63. The van der Waals surface area contributed by atoms with Gasteiger partial charge in [-0.05, 0) is 50.2 Å². The van der Waals surface area contributed by atoms with E-state index in [0.717, 1.165) is 20.6 Å². The molecule has 1 aromatic carbocycles. The molecule has 0 spiro atoms. The number of aromatic amines is 1. The van der Waals surface area contributed by atoms with Gasteiger partial charge in [-0.2, -0.15) is 5.10 Å². The molecule has 9 heteroatoms. The molecular formula is C17H16N3O4S2-. The molecule has 0 saturated carbocycles. The Hall–Kier alpha value is -2.49. The number of carbonyl (C=O) groups is 1. The highest BCUT2D eigenvalue weighted by Gasteiger charge is 2.17. The molecule has 0 radical (unpaired) electrons. The van der Waals surface area contributed by atoms with E-state index >= 15 is 0 Å². The maximum absolute atomic E-state index is 11.9. The van der Waals surface area contributed by atoms with Crippen LogP contribution in [0.4, 0.5) is 10.7 Å². The Balaban J connectivity index is 1.96. The zero-order valence-electron chi connectivity index (χ0n) is 14.1. The van der Waals surface area contributed by atoms with Crippen LogP contribution in [0.1, 0.15) is 23.0 Å². The summed E-state index contributed by atoms with van der Waals surface area (Å²) in [5.41, 5.74) is 2.31. The van der Waals surface area contributed by atoms with Gasteiger partial charge in [-0.3, -0.25) is 13.6 Å². The average Bonchev–Trinajstić information content (AvgIpc) is 3.24. The van der Waals surface area contributed by atoms with Gasteiger partial charge in [0.1, 0.15) is 10.7 Å². The molecule has 0 saturated heterocycles. The molecular weight excluding hydrogens is 374 g/mol. The Morgan fingerprint density at radius 3 is 2.81 bits per heavy atom. The number of nitrogens with one attached hydrogen (secondary N) is 1. The van der Waals surface area contributed by atoms with Crippen LogP contribution in [0.2, 0.25) is 0 Å². The van der Waals surface area contributed by atoms with Gasteiger partial charge in [-0.25, -0.2) is 4.79 Å². The number of ether oxygens (including phenoxy) is 1. The predicted molar refractivity (Wildman–Crippen MR) is 100 cm³/mol. The van der Waals surface area contributed by atoms with Gasteiger partial charge >= 0.3 is 5.97 Å². The molecule has 3 rings (SSSR count). The SMILES string of the molecule is CCOC(=O)c1cccc(N(c2ccc(-c3cc(C)[nH]n3)s2)S(=O)[O-])c1. The molecule has 0 bridgehead atoms. The molecule has 0 amide bonds. The van der Waals surface area contributed by atoms with Gasteiger partial charge in [-0.15, -0.1) is 11.3 Å². The van der Waals surface area contributed by atoms with Gasteiger partial charge in [0.05, 0.1) is 34.0 Å². The molecule has 1 N–H and O–H groups in total. The molecule has 0 aliphatic carbocycles. The second-order valence-corrected chi connectivity index (χ2v) is 7.22. The van der Waals surface area contributed by atoms with Gasteiger partial charge in [0, 0.05) is 5.69 Å². The number of nitrogens with zero attached hydrogens (tertiary/aromatic N) is 2. The Kier molecular flexibility index (Phi) is 5.50. The third kappa shape index (κ3) is 3.85. The first-order chi connectivity index (χ1) is 12.5. The summed E-state index contributed by atoms with van der Waals surface area (Å²) in [6.07, 6.45) is 0. The van der Waals surface area contributed by atoms with Crippen molar-refractivity contribution in [2.45, 2.75) is 13.8 Å². The second-order valence-electron chi connectivity index (χ2n) is 5.36. The number of carbonyl (C=O) groups excluding carboxylic acids is 1. The first-order valence-electron chi connectivity index (χ1n) is 7.78. The van der Waals surface area contributed by atoms with Crippen LogP contribution < -0.4 is 4.31 Å². The largest absolute Gasteiger partial charge is 0.755 e. The van der Waals surface area contributed by atoms with Gasteiger partial charge < -0.3 is 9.29 Å². The van der Waals surface area contributed by atoms with Crippen LogP contribution in [0, 0.1) is 6.92 Å². The lowest BCUT2D eigenvalue weighted by atomic mass is 10.2. The van der Waals surface area contributed by atoms with Crippen molar-refractivity contribution in [1.82, 2.24) is 10.2 Å². The lowest BCUT2D eigenvalue weighted by Crippen LogP contribution is -2.19. The fourth-order valence-electron chi connectivity index (χ4n) is 2.38. The molecule has 26 heavy (non-hydrogen) atoms.